The monoisotopic (exact) mass is 661 g/mol. The molecule has 252 valence electrons. The van der Waals surface area contributed by atoms with Crippen LogP contribution in [0.15, 0.2) is 109 Å². The van der Waals surface area contributed by atoms with Gasteiger partial charge in [0.2, 0.25) is 5.91 Å². The first-order chi connectivity index (χ1) is 23.9. The van der Waals surface area contributed by atoms with Gasteiger partial charge in [-0.25, -0.2) is 9.59 Å². The van der Waals surface area contributed by atoms with Crippen LogP contribution < -0.4 is 20.9 Å². The molecule has 0 aliphatic heterocycles. The second-order valence-electron chi connectivity index (χ2n) is 11.4. The summed E-state index contributed by atoms with van der Waals surface area (Å²) in [7, 11) is 0. The van der Waals surface area contributed by atoms with Crippen LogP contribution in [0.3, 0.4) is 0 Å². The van der Waals surface area contributed by atoms with Crippen molar-refractivity contribution in [2.45, 2.75) is 38.6 Å². The molecule has 0 saturated carbocycles. The fourth-order valence-electron chi connectivity index (χ4n) is 5.37. The Morgan fingerprint density at radius 1 is 0.755 bits per heavy atom. The minimum atomic E-state index is -1.07. The molecule has 5 rings (SSSR count). The second-order valence-corrected chi connectivity index (χ2v) is 11.4. The maximum absolute atomic E-state index is 13.3. The molecule has 0 heterocycles. The number of benzene rings is 5. The molecule has 10 heteroatoms. The van der Waals surface area contributed by atoms with Gasteiger partial charge in [0, 0.05) is 12.8 Å². The quantitative estimate of drug-likeness (QED) is 0.0750. The Bertz CT molecular complexity index is 1840. The second kappa shape index (κ2) is 17.3. The van der Waals surface area contributed by atoms with Gasteiger partial charge in [-0.3, -0.25) is 9.59 Å². The lowest BCUT2D eigenvalue weighted by molar-refractivity contribution is -0.132. The molecule has 0 fully saturated rings. The highest BCUT2D eigenvalue weighted by atomic mass is 16.7. The fourth-order valence-corrected chi connectivity index (χ4v) is 5.37. The molecule has 0 saturated heterocycles. The lowest BCUT2D eigenvalue weighted by Crippen LogP contribution is -2.50. The van der Waals surface area contributed by atoms with Gasteiger partial charge in [-0.15, -0.1) is 0 Å². The average Bonchev–Trinajstić information content (AvgIpc) is 3.13. The Morgan fingerprint density at radius 2 is 1.41 bits per heavy atom. The van der Waals surface area contributed by atoms with Gasteiger partial charge in [0.25, 0.3) is 5.91 Å². The van der Waals surface area contributed by atoms with Crippen molar-refractivity contribution in [2.24, 2.45) is 0 Å². The molecular weight excluding hydrogens is 622 g/mol. The number of hydroxylamine groups is 1. The van der Waals surface area contributed by atoms with E-state index < -0.39 is 36.5 Å². The molecular formula is C39H39N3O7. The van der Waals surface area contributed by atoms with Crippen molar-refractivity contribution in [3.8, 4) is 5.75 Å². The van der Waals surface area contributed by atoms with Gasteiger partial charge in [0.1, 0.15) is 11.8 Å². The number of unbranched alkanes of at least 4 members (excludes halogenated alkanes) is 1. The van der Waals surface area contributed by atoms with E-state index in [1.54, 1.807) is 42.5 Å². The van der Waals surface area contributed by atoms with Crippen molar-refractivity contribution in [2.75, 3.05) is 19.8 Å². The van der Waals surface area contributed by atoms with Crippen LogP contribution in [0, 0.1) is 0 Å². The van der Waals surface area contributed by atoms with E-state index in [-0.39, 0.29) is 18.6 Å². The average molecular weight is 662 g/mol. The van der Waals surface area contributed by atoms with E-state index in [0.717, 1.165) is 45.5 Å². The summed E-state index contributed by atoms with van der Waals surface area (Å²) in [5, 5.41) is 9.51. The van der Waals surface area contributed by atoms with Crippen LogP contribution in [-0.4, -0.2) is 49.7 Å². The third-order valence-electron chi connectivity index (χ3n) is 7.90. The molecule has 0 radical (unpaired) electrons. The van der Waals surface area contributed by atoms with Crippen molar-refractivity contribution >= 4 is 45.4 Å². The number of carbonyl (C=O) groups excluding carboxylic acids is 4. The van der Waals surface area contributed by atoms with E-state index >= 15 is 0 Å². The van der Waals surface area contributed by atoms with Crippen LogP contribution in [0.25, 0.3) is 21.5 Å². The van der Waals surface area contributed by atoms with E-state index in [9.17, 15) is 19.2 Å². The number of nitrogens with one attached hydrogen (secondary N) is 3. The summed E-state index contributed by atoms with van der Waals surface area (Å²) in [4.78, 5) is 55.7. The van der Waals surface area contributed by atoms with Gasteiger partial charge in [0.05, 0.1) is 25.3 Å². The number of fused-ring (bicyclic) bond motifs is 2. The van der Waals surface area contributed by atoms with Crippen molar-refractivity contribution in [1.29, 1.82) is 0 Å². The van der Waals surface area contributed by atoms with Gasteiger partial charge in [-0.05, 0) is 69.4 Å². The van der Waals surface area contributed by atoms with Crippen LogP contribution >= 0.6 is 0 Å². The van der Waals surface area contributed by atoms with Gasteiger partial charge >= 0.3 is 12.1 Å². The zero-order chi connectivity index (χ0) is 34.4. The predicted molar refractivity (Wildman–Crippen MR) is 187 cm³/mol. The highest BCUT2D eigenvalue weighted by Gasteiger charge is 2.23. The summed E-state index contributed by atoms with van der Waals surface area (Å²) in [6, 6.07) is 32.6. The lowest BCUT2D eigenvalue weighted by Gasteiger charge is -2.19. The number of carbonyl (C=O) groups is 4. The van der Waals surface area contributed by atoms with Gasteiger partial charge in [0.15, 0.2) is 0 Å². The first-order valence-corrected chi connectivity index (χ1v) is 16.3. The van der Waals surface area contributed by atoms with Gasteiger partial charge in [-0.1, -0.05) is 92.2 Å². The Balaban J connectivity index is 1.21. The molecule has 0 spiro atoms. The number of rotatable bonds is 14. The van der Waals surface area contributed by atoms with Crippen molar-refractivity contribution in [3.05, 3.63) is 126 Å². The number of hydrogen-bond donors (Lipinski definition) is 3. The van der Waals surface area contributed by atoms with Crippen LogP contribution in [-0.2, 0) is 32.0 Å². The van der Waals surface area contributed by atoms with Crippen LogP contribution in [0.2, 0.25) is 0 Å². The van der Waals surface area contributed by atoms with Gasteiger partial charge in [-0.2, -0.15) is 5.48 Å². The molecule has 0 bridgehead atoms. The van der Waals surface area contributed by atoms with Crippen molar-refractivity contribution in [1.82, 2.24) is 16.1 Å². The van der Waals surface area contributed by atoms with E-state index in [1.807, 2.05) is 41.9 Å². The maximum atomic E-state index is 13.3. The molecule has 5 aromatic carbocycles. The minimum Gasteiger partial charge on any atom is -0.494 e. The molecule has 0 unspecified atom stereocenters. The number of ether oxygens (including phenoxy) is 2. The zero-order valence-corrected chi connectivity index (χ0v) is 27.3. The standard InChI is InChI=1S/C39H39N3O7/c1-2-3-22-47-31-19-17-27(18-20-31)24-35(37(44)40-26-36(43)42-49-38(45)28-11-5-4-6-12-28)41-39(46)48-23-21-34-32-15-9-7-13-29(32)25-30-14-8-10-16-33(30)34/h4-20,25,35H,2-3,21-24,26H2,1H3,(H,40,44)(H,41,46)(H,42,43)/t35-/m0/s1. The first-order valence-electron chi connectivity index (χ1n) is 16.3. The van der Waals surface area contributed by atoms with E-state index in [2.05, 4.69) is 47.9 Å². The Hall–Kier alpha value is -5.90. The maximum Gasteiger partial charge on any atom is 0.407 e. The van der Waals surface area contributed by atoms with Crippen LogP contribution in [0.1, 0.15) is 41.3 Å². The Morgan fingerprint density at radius 3 is 2.08 bits per heavy atom. The van der Waals surface area contributed by atoms with E-state index in [4.69, 9.17) is 14.3 Å². The number of alkyl carbamates (subject to hydrolysis) is 1. The molecule has 49 heavy (non-hydrogen) atoms. The molecule has 5 aromatic rings. The molecule has 0 aromatic heterocycles. The van der Waals surface area contributed by atoms with E-state index in [0.29, 0.717) is 18.8 Å². The van der Waals surface area contributed by atoms with Crippen molar-refractivity contribution in [3.63, 3.8) is 0 Å². The largest absolute Gasteiger partial charge is 0.494 e. The third-order valence-corrected chi connectivity index (χ3v) is 7.90. The summed E-state index contributed by atoms with van der Waals surface area (Å²) >= 11 is 0. The molecule has 3 N–H and O–H groups in total. The Kier molecular flexibility index (Phi) is 12.2. The summed E-state index contributed by atoms with van der Waals surface area (Å²) in [6.45, 7) is 2.28. The smallest absolute Gasteiger partial charge is 0.407 e. The highest BCUT2D eigenvalue weighted by Crippen LogP contribution is 2.29. The topological polar surface area (TPSA) is 132 Å². The molecule has 3 amide bonds. The Labute approximate surface area is 284 Å². The SMILES string of the molecule is CCCCOc1ccc(C[C@H](NC(=O)OCCc2c3ccccc3cc3ccccc23)C(=O)NCC(=O)NOC(=O)c2ccccc2)cc1. The molecule has 0 aliphatic rings. The fraction of sp³-hybridized carbons (Fsp3) is 0.231. The summed E-state index contributed by atoms with van der Waals surface area (Å²) in [5.41, 5.74) is 4.11. The summed E-state index contributed by atoms with van der Waals surface area (Å²) < 4.78 is 11.3. The summed E-state index contributed by atoms with van der Waals surface area (Å²) in [5.74, 6) is -1.42. The predicted octanol–water partition coefficient (Wildman–Crippen LogP) is 6.06. The van der Waals surface area contributed by atoms with E-state index in [1.165, 1.54) is 0 Å². The normalized spacial score (nSPS) is 11.4. The lowest BCUT2D eigenvalue weighted by atomic mass is 9.95. The van der Waals surface area contributed by atoms with Crippen LogP contribution in [0.5, 0.6) is 5.75 Å². The highest BCUT2D eigenvalue weighted by molar-refractivity contribution is 6.02. The molecule has 10 nitrogen and oxygen atoms in total. The zero-order valence-electron chi connectivity index (χ0n) is 27.3. The minimum absolute atomic E-state index is 0.0805. The number of hydrogen-bond acceptors (Lipinski definition) is 7. The molecule has 1 atom stereocenters. The first kappa shape index (κ1) is 34.4. The molecule has 0 aliphatic carbocycles. The number of amides is 3. The summed E-state index contributed by atoms with van der Waals surface area (Å²) in [6.07, 6.45) is 1.77. The van der Waals surface area contributed by atoms with Crippen molar-refractivity contribution < 1.29 is 33.5 Å². The third kappa shape index (κ3) is 9.80. The van der Waals surface area contributed by atoms with Crippen LogP contribution in [0.4, 0.5) is 4.79 Å². The van der Waals surface area contributed by atoms with Gasteiger partial charge < -0.3 is 24.9 Å².